The van der Waals surface area contributed by atoms with Crippen LogP contribution in [0.3, 0.4) is 0 Å². The molecular formula is C13H20N2O3S. The molecule has 0 bridgehead atoms. The van der Waals surface area contributed by atoms with Crippen LogP contribution in [0.25, 0.3) is 0 Å². The predicted octanol–water partition coefficient (Wildman–Crippen LogP) is 3.55. The number of ether oxygens (including phenoxy) is 1. The zero-order valence-electron chi connectivity index (χ0n) is 11.7. The van der Waals surface area contributed by atoms with Crippen molar-refractivity contribution in [2.24, 2.45) is 0 Å². The lowest BCUT2D eigenvalue weighted by Gasteiger charge is -2.16. The number of nitro groups is 1. The monoisotopic (exact) mass is 284 g/mol. The molecule has 1 atom stereocenters. The number of anilines is 1. The van der Waals surface area contributed by atoms with Crippen LogP contribution in [-0.4, -0.2) is 29.1 Å². The summed E-state index contributed by atoms with van der Waals surface area (Å²) in [6.45, 7) is 5.77. The Kier molecular flexibility index (Phi) is 5.95. The lowest BCUT2D eigenvalue weighted by Crippen LogP contribution is -2.18. The molecule has 19 heavy (non-hydrogen) atoms. The quantitative estimate of drug-likeness (QED) is 0.613. The van der Waals surface area contributed by atoms with Crippen molar-refractivity contribution < 1.29 is 9.66 Å². The maximum atomic E-state index is 10.9. The van der Waals surface area contributed by atoms with Gasteiger partial charge in [-0.3, -0.25) is 10.1 Å². The molecule has 0 radical (unpaired) electrons. The van der Waals surface area contributed by atoms with Gasteiger partial charge in [-0.25, -0.2) is 0 Å². The molecule has 1 N–H and O–H groups in total. The Labute approximate surface area is 117 Å². The average molecular weight is 284 g/mol. The first kappa shape index (κ1) is 15.6. The van der Waals surface area contributed by atoms with Crippen molar-refractivity contribution in [1.29, 1.82) is 0 Å². The fourth-order valence-corrected chi connectivity index (χ4v) is 2.26. The Balaban J connectivity index is 2.94. The van der Waals surface area contributed by atoms with E-state index in [-0.39, 0.29) is 11.8 Å². The number of rotatable bonds is 7. The second kappa shape index (κ2) is 7.23. The van der Waals surface area contributed by atoms with Gasteiger partial charge >= 0.3 is 5.69 Å². The molecule has 5 nitrogen and oxygen atoms in total. The van der Waals surface area contributed by atoms with E-state index < -0.39 is 4.92 Å². The van der Waals surface area contributed by atoms with Gasteiger partial charge in [0.15, 0.2) is 5.75 Å². The number of nitrogens with zero attached hydrogens (tertiary/aromatic N) is 1. The van der Waals surface area contributed by atoms with E-state index in [9.17, 15) is 10.1 Å². The Hall–Kier alpha value is -1.43. The van der Waals surface area contributed by atoms with Gasteiger partial charge in [0.2, 0.25) is 0 Å². The van der Waals surface area contributed by atoms with Gasteiger partial charge in [-0.15, -0.1) is 0 Å². The van der Waals surface area contributed by atoms with Gasteiger partial charge < -0.3 is 10.1 Å². The first-order valence-electron chi connectivity index (χ1n) is 6.14. The normalized spacial score (nSPS) is 12.3. The molecular weight excluding hydrogens is 264 g/mol. The molecule has 0 heterocycles. The second-order valence-electron chi connectivity index (χ2n) is 4.61. The number of nitrogens with one attached hydrogen (secondary N) is 1. The maximum Gasteiger partial charge on any atom is 0.311 e. The predicted molar refractivity (Wildman–Crippen MR) is 80.3 cm³/mol. The molecule has 0 aliphatic carbocycles. The summed E-state index contributed by atoms with van der Waals surface area (Å²) in [7, 11) is 0. The van der Waals surface area contributed by atoms with Crippen LogP contribution in [0.5, 0.6) is 5.75 Å². The third kappa shape index (κ3) is 4.98. The zero-order chi connectivity index (χ0) is 14.4. The van der Waals surface area contributed by atoms with E-state index in [1.807, 2.05) is 20.1 Å². The number of nitro benzene ring substituents is 1. The largest absolute Gasteiger partial charge is 0.484 e. The van der Waals surface area contributed by atoms with Gasteiger partial charge in [0.05, 0.1) is 11.0 Å². The summed E-state index contributed by atoms with van der Waals surface area (Å²) in [6, 6.07) is 5.17. The van der Waals surface area contributed by atoms with E-state index in [2.05, 4.69) is 12.2 Å². The standard InChI is InChI=1S/C13H20N2O3S/c1-9(2)18-13-7-11(14-10(3)8-19-4)5-6-12(13)15(16)17/h5-7,9-10,14H,8H2,1-4H3. The number of thioether (sulfide) groups is 1. The molecule has 1 aromatic rings. The minimum absolute atomic E-state index is 0.00299. The molecule has 0 spiro atoms. The van der Waals surface area contributed by atoms with E-state index >= 15 is 0 Å². The van der Waals surface area contributed by atoms with Gasteiger partial charge in [-0.2, -0.15) is 11.8 Å². The van der Waals surface area contributed by atoms with Crippen LogP contribution in [0.15, 0.2) is 18.2 Å². The van der Waals surface area contributed by atoms with Crippen LogP contribution in [0, 0.1) is 10.1 Å². The van der Waals surface area contributed by atoms with Crippen molar-refractivity contribution in [2.45, 2.75) is 32.9 Å². The second-order valence-corrected chi connectivity index (χ2v) is 5.52. The maximum absolute atomic E-state index is 10.9. The number of hydrogen-bond acceptors (Lipinski definition) is 5. The van der Waals surface area contributed by atoms with E-state index in [1.54, 1.807) is 23.9 Å². The highest BCUT2D eigenvalue weighted by molar-refractivity contribution is 7.98. The first-order valence-corrected chi connectivity index (χ1v) is 7.54. The molecule has 6 heteroatoms. The van der Waals surface area contributed by atoms with Crippen molar-refractivity contribution in [3.05, 3.63) is 28.3 Å². The van der Waals surface area contributed by atoms with Gasteiger partial charge in [-0.1, -0.05) is 0 Å². The van der Waals surface area contributed by atoms with Crippen LogP contribution in [0.1, 0.15) is 20.8 Å². The average Bonchev–Trinajstić information content (AvgIpc) is 2.28. The smallest absolute Gasteiger partial charge is 0.311 e. The van der Waals surface area contributed by atoms with Crippen LogP contribution >= 0.6 is 11.8 Å². The summed E-state index contributed by atoms with van der Waals surface area (Å²) in [5, 5.41) is 14.2. The zero-order valence-corrected chi connectivity index (χ0v) is 12.5. The third-order valence-electron chi connectivity index (χ3n) is 2.35. The summed E-state index contributed by atoms with van der Waals surface area (Å²) in [5.41, 5.74) is 0.833. The van der Waals surface area contributed by atoms with Crippen LogP contribution in [-0.2, 0) is 0 Å². The van der Waals surface area contributed by atoms with E-state index in [4.69, 9.17) is 4.74 Å². The lowest BCUT2D eigenvalue weighted by atomic mass is 10.2. The Morgan fingerprint density at radius 3 is 2.63 bits per heavy atom. The van der Waals surface area contributed by atoms with Crippen molar-refractivity contribution in [1.82, 2.24) is 0 Å². The molecule has 1 unspecified atom stereocenters. The molecule has 106 valence electrons. The number of hydrogen-bond donors (Lipinski definition) is 1. The van der Waals surface area contributed by atoms with Crippen molar-refractivity contribution >= 4 is 23.1 Å². The summed E-state index contributed by atoms with van der Waals surface area (Å²) < 4.78 is 5.50. The van der Waals surface area contributed by atoms with Crippen molar-refractivity contribution in [3.63, 3.8) is 0 Å². The molecule has 1 aromatic carbocycles. The molecule has 0 aromatic heterocycles. The fraction of sp³-hybridized carbons (Fsp3) is 0.538. The van der Waals surface area contributed by atoms with Crippen molar-refractivity contribution in [2.75, 3.05) is 17.3 Å². The lowest BCUT2D eigenvalue weighted by molar-refractivity contribution is -0.386. The number of benzene rings is 1. The molecule has 0 fully saturated rings. The minimum Gasteiger partial charge on any atom is -0.484 e. The molecule has 0 aliphatic rings. The minimum atomic E-state index is -0.424. The summed E-state index contributed by atoms with van der Waals surface area (Å²) in [4.78, 5) is 10.5. The Morgan fingerprint density at radius 1 is 1.42 bits per heavy atom. The first-order chi connectivity index (χ1) is 8.93. The SMILES string of the molecule is CSCC(C)Nc1ccc([N+](=O)[O-])c(OC(C)C)c1. The Morgan fingerprint density at radius 2 is 2.11 bits per heavy atom. The van der Waals surface area contributed by atoms with E-state index in [1.165, 1.54) is 6.07 Å². The molecule has 0 saturated carbocycles. The molecule has 0 saturated heterocycles. The van der Waals surface area contributed by atoms with Crippen LogP contribution in [0.4, 0.5) is 11.4 Å². The summed E-state index contributed by atoms with van der Waals surface area (Å²) >= 11 is 1.75. The van der Waals surface area contributed by atoms with Gasteiger partial charge in [0.25, 0.3) is 0 Å². The van der Waals surface area contributed by atoms with Crippen LogP contribution in [0.2, 0.25) is 0 Å². The molecule has 0 amide bonds. The van der Waals surface area contributed by atoms with Gasteiger partial charge in [0.1, 0.15) is 0 Å². The summed E-state index contributed by atoms with van der Waals surface area (Å²) in [5.74, 6) is 1.28. The van der Waals surface area contributed by atoms with Crippen molar-refractivity contribution in [3.8, 4) is 5.75 Å². The highest BCUT2D eigenvalue weighted by Gasteiger charge is 2.17. The molecule has 0 aliphatic heterocycles. The van der Waals surface area contributed by atoms with E-state index in [0.29, 0.717) is 11.8 Å². The third-order valence-corrected chi connectivity index (χ3v) is 3.18. The van der Waals surface area contributed by atoms with Gasteiger partial charge in [0, 0.05) is 29.6 Å². The van der Waals surface area contributed by atoms with Crippen LogP contribution < -0.4 is 10.1 Å². The Bertz CT molecular complexity index is 438. The van der Waals surface area contributed by atoms with Gasteiger partial charge in [-0.05, 0) is 33.1 Å². The van der Waals surface area contributed by atoms with E-state index in [0.717, 1.165) is 11.4 Å². The topological polar surface area (TPSA) is 64.4 Å². The molecule has 1 rings (SSSR count). The highest BCUT2D eigenvalue weighted by Crippen LogP contribution is 2.31. The fourth-order valence-electron chi connectivity index (χ4n) is 1.68. The summed E-state index contributed by atoms with van der Waals surface area (Å²) in [6.07, 6.45) is 1.94. The highest BCUT2D eigenvalue weighted by atomic mass is 32.2.